The average molecular weight is 493 g/mol. The molecule has 3 aliphatic heterocycles. The molecule has 3 saturated heterocycles. The molecule has 1 amide bonds. The van der Waals surface area contributed by atoms with Crippen LogP contribution in [0.4, 0.5) is 19.0 Å². The van der Waals surface area contributed by atoms with Gasteiger partial charge in [-0.15, -0.1) is 0 Å². The van der Waals surface area contributed by atoms with Gasteiger partial charge in [-0.25, -0.2) is 4.98 Å². The minimum atomic E-state index is -4.38. The molecule has 2 aliphatic carbocycles. The van der Waals surface area contributed by atoms with Crippen molar-refractivity contribution in [1.29, 1.82) is 0 Å². The smallest absolute Gasteiger partial charge is 0.381 e. The van der Waals surface area contributed by atoms with Crippen molar-refractivity contribution >= 4 is 11.7 Å². The Labute approximate surface area is 204 Å². The zero-order valence-corrected chi connectivity index (χ0v) is 20.3. The molecule has 1 N–H and O–H groups in total. The molecule has 0 radical (unpaired) electrons. The highest BCUT2D eigenvalue weighted by Crippen LogP contribution is 2.56. The standard InChI is InChI=1S/C26H35F3N4O2/c1-16-15-35-8-5-22(16)31-19-9-17-3-2-6-25(17,12-19)24(34)33-14-20-11-21(33)13-32(20)23-10-18(4-7-30-23)26(27,28)29/h4,7,10,16-17,19-22,31H,2-3,5-6,8-9,11-15H2,1H3/t16-,17+,19+,20+,21-,22-,25+/m0/s1. The summed E-state index contributed by atoms with van der Waals surface area (Å²) in [6.45, 7) is 4.99. The van der Waals surface area contributed by atoms with Crippen LogP contribution in [0.1, 0.15) is 57.4 Å². The lowest BCUT2D eigenvalue weighted by Gasteiger charge is -2.40. The topological polar surface area (TPSA) is 57.7 Å². The Bertz CT molecular complexity index is 974. The van der Waals surface area contributed by atoms with Crippen molar-refractivity contribution in [2.75, 3.05) is 31.2 Å². The van der Waals surface area contributed by atoms with E-state index in [9.17, 15) is 18.0 Å². The van der Waals surface area contributed by atoms with Crippen LogP contribution in [0.5, 0.6) is 0 Å². The molecular weight excluding hydrogens is 457 g/mol. The fraction of sp³-hybridized carbons (Fsp3) is 0.769. The number of rotatable bonds is 4. The van der Waals surface area contributed by atoms with E-state index < -0.39 is 11.7 Å². The van der Waals surface area contributed by atoms with E-state index in [1.807, 2.05) is 4.90 Å². The van der Waals surface area contributed by atoms with Gasteiger partial charge in [-0.3, -0.25) is 4.79 Å². The highest BCUT2D eigenvalue weighted by Gasteiger charge is 2.59. The third-order valence-electron chi connectivity index (χ3n) is 9.52. The van der Waals surface area contributed by atoms with Gasteiger partial charge in [0.15, 0.2) is 0 Å². The first kappa shape index (κ1) is 23.5. The molecule has 4 heterocycles. The largest absolute Gasteiger partial charge is 0.416 e. The normalized spacial score (nSPS) is 38.9. The summed E-state index contributed by atoms with van der Waals surface area (Å²) >= 11 is 0. The second kappa shape index (κ2) is 8.61. The third-order valence-corrected chi connectivity index (χ3v) is 9.52. The van der Waals surface area contributed by atoms with Gasteiger partial charge in [0.25, 0.3) is 0 Å². The molecule has 9 heteroatoms. The molecule has 35 heavy (non-hydrogen) atoms. The van der Waals surface area contributed by atoms with E-state index in [0.29, 0.717) is 48.7 Å². The van der Waals surface area contributed by atoms with Crippen LogP contribution in [0.2, 0.25) is 0 Å². The SMILES string of the molecule is C[C@H]1COCC[C@@H]1N[C@@H]1C[C@H]2CCC[C@@]2(C(=O)N2C[C@H]3C[C@H]2CN3c2cc(C(F)(F)F)ccn2)C1. The summed E-state index contributed by atoms with van der Waals surface area (Å²) < 4.78 is 45.2. The van der Waals surface area contributed by atoms with Gasteiger partial charge in [-0.05, 0) is 62.5 Å². The summed E-state index contributed by atoms with van der Waals surface area (Å²) in [5.74, 6) is 1.59. The Morgan fingerprint density at radius 2 is 2.09 bits per heavy atom. The van der Waals surface area contributed by atoms with Gasteiger partial charge in [0, 0.05) is 38.0 Å². The van der Waals surface area contributed by atoms with Crippen molar-refractivity contribution in [3.8, 4) is 0 Å². The van der Waals surface area contributed by atoms with Crippen LogP contribution in [0.25, 0.3) is 0 Å². The Balaban J connectivity index is 1.14. The number of fused-ring (bicyclic) bond motifs is 3. The zero-order chi connectivity index (χ0) is 24.4. The highest BCUT2D eigenvalue weighted by atomic mass is 19.4. The number of pyridine rings is 1. The zero-order valence-electron chi connectivity index (χ0n) is 20.3. The summed E-state index contributed by atoms with van der Waals surface area (Å²) in [4.78, 5) is 22.3. The molecule has 0 spiro atoms. The number of nitrogens with zero attached hydrogens (tertiary/aromatic N) is 3. The summed E-state index contributed by atoms with van der Waals surface area (Å²) in [5, 5.41) is 3.89. The number of carbonyl (C=O) groups is 1. The van der Waals surface area contributed by atoms with Gasteiger partial charge in [0.05, 0.1) is 29.7 Å². The number of halogens is 3. The number of aromatic nitrogens is 1. The van der Waals surface area contributed by atoms with Crippen LogP contribution in [-0.4, -0.2) is 66.3 Å². The van der Waals surface area contributed by atoms with E-state index in [2.05, 4.69) is 22.1 Å². The molecule has 1 aromatic heterocycles. The van der Waals surface area contributed by atoms with Gasteiger partial charge in [-0.1, -0.05) is 13.3 Å². The summed E-state index contributed by atoms with van der Waals surface area (Å²) in [6, 6.07) is 3.08. The third kappa shape index (κ3) is 4.02. The van der Waals surface area contributed by atoms with Crippen molar-refractivity contribution < 1.29 is 22.7 Å². The summed E-state index contributed by atoms with van der Waals surface area (Å²) in [7, 11) is 0. The van der Waals surface area contributed by atoms with Crippen molar-refractivity contribution in [2.45, 2.75) is 82.2 Å². The van der Waals surface area contributed by atoms with E-state index >= 15 is 0 Å². The van der Waals surface area contributed by atoms with E-state index in [1.54, 1.807) is 0 Å². The fourth-order valence-electron chi connectivity index (χ4n) is 7.78. The molecule has 7 atom stereocenters. The monoisotopic (exact) mass is 492 g/mol. The van der Waals surface area contributed by atoms with Crippen LogP contribution >= 0.6 is 0 Å². The van der Waals surface area contributed by atoms with Crippen molar-refractivity contribution in [3.05, 3.63) is 23.9 Å². The molecule has 1 aromatic rings. The first-order chi connectivity index (χ1) is 16.7. The molecule has 2 saturated carbocycles. The van der Waals surface area contributed by atoms with E-state index in [-0.39, 0.29) is 17.5 Å². The number of piperazine rings is 1. The Morgan fingerprint density at radius 1 is 1.23 bits per heavy atom. The van der Waals surface area contributed by atoms with Crippen molar-refractivity contribution in [3.63, 3.8) is 0 Å². The van der Waals surface area contributed by atoms with Crippen LogP contribution in [0.15, 0.2) is 18.3 Å². The lowest BCUT2D eigenvalue weighted by Crippen LogP contribution is -2.54. The van der Waals surface area contributed by atoms with E-state index in [0.717, 1.165) is 70.3 Å². The average Bonchev–Trinajstić information content (AvgIpc) is 3.59. The Kier molecular flexibility index (Phi) is 5.79. The van der Waals surface area contributed by atoms with Gasteiger partial charge >= 0.3 is 6.18 Å². The first-order valence-corrected chi connectivity index (χ1v) is 13.2. The number of nitrogens with one attached hydrogen (secondary N) is 1. The second-order valence-corrected chi connectivity index (χ2v) is 11.5. The first-order valence-electron chi connectivity index (χ1n) is 13.2. The molecule has 5 aliphatic rings. The number of hydrogen-bond acceptors (Lipinski definition) is 5. The van der Waals surface area contributed by atoms with E-state index in [1.165, 1.54) is 6.20 Å². The fourth-order valence-corrected chi connectivity index (χ4v) is 7.78. The maximum absolute atomic E-state index is 14.1. The van der Waals surface area contributed by atoms with Crippen LogP contribution < -0.4 is 10.2 Å². The molecule has 0 unspecified atom stereocenters. The molecule has 5 fully saturated rings. The Hall–Kier alpha value is -1.87. The minimum Gasteiger partial charge on any atom is -0.381 e. The summed E-state index contributed by atoms with van der Waals surface area (Å²) in [6.07, 6.45) is 3.86. The number of anilines is 1. The molecule has 6 rings (SSSR count). The molecule has 0 aromatic carbocycles. The van der Waals surface area contributed by atoms with E-state index in [4.69, 9.17) is 4.74 Å². The minimum absolute atomic E-state index is 0.0367. The molecule has 2 bridgehead atoms. The maximum atomic E-state index is 14.1. The maximum Gasteiger partial charge on any atom is 0.416 e. The predicted octanol–water partition coefficient (Wildman–Crippen LogP) is 3.85. The lowest BCUT2D eigenvalue weighted by atomic mass is 9.78. The Morgan fingerprint density at radius 3 is 2.83 bits per heavy atom. The van der Waals surface area contributed by atoms with Crippen LogP contribution in [0.3, 0.4) is 0 Å². The van der Waals surface area contributed by atoms with Gasteiger partial charge in [0.1, 0.15) is 5.82 Å². The number of likely N-dealkylation sites (tertiary alicyclic amines) is 1. The highest BCUT2D eigenvalue weighted by molar-refractivity contribution is 5.85. The second-order valence-electron chi connectivity index (χ2n) is 11.5. The summed E-state index contributed by atoms with van der Waals surface area (Å²) in [5.41, 5.74) is -0.940. The lowest BCUT2D eigenvalue weighted by molar-refractivity contribution is -0.144. The molecule has 192 valence electrons. The molecule has 6 nitrogen and oxygen atoms in total. The predicted molar refractivity (Wildman–Crippen MR) is 125 cm³/mol. The van der Waals surface area contributed by atoms with Gasteiger partial charge in [-0.2, -0.15) is 13.2 Å². The van der Waals surface area contributed by atoms with Crippen molar-refractivity contribution in [2.24, 2.45) is 17.3 Å². The molecular formula is C26H35F3N4O2. The number of hydrogen-bond donors (Lipinski definition) is 1. The van der Waals surface area contributed by atoms with Crippen LogP contribution in [-0.2, 0) is 15.7 Å². The van der Waals surface area contributed by atoms with Crippen LogP contribution in [0, 0.1) is 17.3 Å². The number of ether oxygens (including phenoxy) is 1. The number of carbonyl (C=O) groups excluding carboxylic acids is 1. The van der Waals surface area contributed by atoms with Gasteiger partial charge < -0.3 is 19.9 Å². The van der Waals surface area contributed by atoms with Gasteiger partial charge in [0.2, 0.25) is 5.91 Å². The number of alkyl halides is 3. The van der Waals surface area contributed by atoms with Crippen molar-refractivity contribution in [1.82, 2.24) is 15.2 Å². The number of amides is 1. The quantitative estimate of drug-likeness (QED) is 0.692.